The average Bonchev–Trinajstić information content (AvgIpc) is 3.00. The van der Waals surface area contributed by atoms with E-state index in [0.717, 1.165) is 29.8 Å². The predicted molar refractivity (Wildman–Crippen MR) is 87.1 cm³/mol. The number of hydrogen-bond acceptors (Lipinski definition) is 4. The van der Waals surface area contributed by atoms with Crippen molar-refractivity contribution in [2.24, 2.45) is 5.92 Å². The minimum atomic E-state index is -0.0766. The summed E-state index contributed by atoms with van der Waals surface area (Å²) in [4.78, 5) is 27.2. The molecular weight excluding hydrogens is 312 g/mol. The van der Waals surface area contributed by atoms with Gasteiger partial charge in [0.15, 0.2) is 5.69 Å². The van der Waals surface area contributed by atoms with E-state index in [1.807, 2.05) is 17.5 Å². The van der Waals surface area contributed by atoms with Crippen molar-refractivity contribution in [2.45, 2.75) is 25.3 Å². The first kappa shape index (κ1) is 14.4. The molecule has 1 saturated carbocycles. The first-order valence-corrected chi connectivity index (χ1v) is 8.77. The predicted octanol–water partition coefficient (Wildman–Crippen LogP) is 1.88. The molecule has 2 aromatic heterocycles. The van der Waals surface area contributed by atoms with Gasteiger partial charge in [0.25, 0.3) is 5.91 Å². The summed E-state index contributed by atoms with van der Waals surface area (Å²) in [6.45, 7) is 1.23. The summed E-state index contributed by atoms with van der Waals surface area (Å²) in [5.41, 5.74) is 1.30. The Balaban J connectivity index is 1.38. The zero-order chi connectivity index (χ0) is 15.8. The Labute approximate surface area is 137 Å². The fourth-order valence-corrected chi connectivity index (χ4v) is 3.57. The molecule has 4 rings (SSSR count). The highest BCUT2D eigenvalue weighted by Crippen LogP contribution is 2.29. The van der Waals surface area contributed by atoms with Crippen molar-refractivity contribution in [3.8, 4) is 10.6 Å². The molecule has 1 atom stereocenters. The molecule has 0 bridgehead atoms. The molecule has 2 fully saturated rings. The maximum absolute atomic E-state index is 12.5. The SMILES string of the molecule is O=C(N[C@@H]1CCN(C(=O)c2cc(-c3cccs3)[nH]n2)C1)C1CC1. The van der Waals surface area contributed by atoms with Crippen LogP contribution in [0.25, 0.3) is 10.6 Å². The Morgan fingerprint density at radius 3 is 2.96 bits per heavy atom. The van der Waals surface area contributed by atoms with Gasteiger partial charge in [0.1, 0.15) is 0 Å². The van der Waals surface area contributed by atoms with Gasteiger partial charge in [-0.05, 0) is 36.8 Å². The number of carbonyl (C=O) groups excluding carboxylic acids is 2. The number of thiophene rings is 1. The minimum Gasteiger partial charge on any atom is -0.351 e. The number of aromatic nitrogens is 2. The van der Waals surface area contributed by atoms with Crippen LogP contribution in [-0.4, -0.2) is 46.0 Å². The summed E-state index contributed by atoms with van der Waals surface area (Å²) in [6, 6.07) is 5.83. The second-order valence-electron chi connectivity index (χ2n) is 6.16. The smallest absolute Gasteiger partial charge is 0.274 e. The van der Waals surface area contributed by atoms with E-state index in [4.69, 9.17) is 0 Å². The van der Waals surface area contributed by atoms with Crippen LogP contribution in [0.5, 0.6) is 0 Å². The number of nitrogens with zero attached hydrogens (tertiary/aromatic N) is 2. The largest absolute Gasteiger partial charge is 0.351 e. The van der Waals surface area contributed by atoms with Crippen LogP contribution in [0.3, 0.4) is 0 Å². The minimum absolute atomic E-state index is 0.0720. The van der Waals surface area contributed by atoms with Gasteiger partial charge in [-0.25, -0.2) is 0 Å². The summed E-state index contributed by atoms with van der Waals surface area (Å²) in [5.74, 6) is 0.274. The molecule has 2 aliphatic rings. The summed E-state index contributed by atoms with van der Waals surface area (Å²) in [7, 11) is 0. The van der Waals surface area contributed by atoms with Gasteiger partial charge in [-0.1, -0.05) is 6.07 Å². The lowest BCUT2D eigenvalue weighted by Crippen LogP contribution is -2.39. The molecule has 3 heterocycles. The van der Waals surface area contributed by atoms with Crippen LogP contribution in [-0.2, 0) is 4.79 Å². The quantitative estimate of drug-likeness (QED) is 0.898. The van der Waals surface area contributed by atoms with Crippen LogP contribution in [0.1, 0.15) is 29.8 Å². The Morgan fingerprint density at radius 2 is 2.22 bits per heavy atom. The maximum atomic E-state index is 12.5. The van der Waals surface area contributed by atoms with E-state index in [1.54, 1.807) is 22.3 Å². The van der Waals surface area contributed by atoms with Crippen LogP contribution in [0.15, 0.2) is 23.6 Å². The molecule has 0 unspecified atom stereocenters. The lowest BCUT2D eigenvalue weighted by molar-refractivity contribution is -0.122. The number of aromatic amines is 1. The summed E-state index contributed by atoms with van der Waals surface area (Å²) >= 11 is 1.61. The number of amides is 2. The van der Waals surface area contributed by atoms with Crippen LogP contribution in [0, 0.1) is 5.92 Å². The maximum Gasteiger partial charge on any atom is 0.274 e. The average molecular weight is 330 g/mol. The highest BCUT2D eigenvalue weighted by atomic mass is 32.1. The molecule has 23 heavy (non-hydrogen) atoms. The Kier molecular flexibility index (Phi) is 3.65. The molecule has 7 heteroatoms. The molecule has 2 aromatic rings. The van der Waals surface area contributed by atoms with E-state index in [-0.39, 0.29) is 23.8 Å². The molecule has 2 N–H and O–H groups in total. The van der Waals surface area contributed by atoms with Crippen LogP contribution >= 0.6 is 11.3 Å². The number of rotatable bonds is 4. The zero-order valence-corrected chi connectivity index (χ0v) is 13.4. The van der Waals surface area contributed by atoms with Crippen molar-refractivity contribution in [1.29, 1.82) is 0 Å². The summed E-state index contributed by atoms with van der Waals surface area (Å²) in [6.07, 6.45) is 2.81. The standard InChI is InChI=1S/C16H18N4O2S/c21-15(10-3-4-10)17-11-5-6-20(9-11)16(22)13-8-12(18-19-13)14-2-1-7-23-14/h1-2,7-8,10-11H,3-6,9H2,(H,17,21)(H,18,19)/t11-/m1/s1. The van der Waals surface area contributed by atoms with E-state index in [9.17, 15) is 9.59 Å². The second-order valence-corrected chi connectivity index (χ2v) is 7.11. The van der Waals surface area contributed by atoms with Crippen molar-refractivity contribution in [3.05, 3.63) is 29.3 Å². The first-order chi connectivity index (χ1) is 11.2. The van der Waals surface area contributed by atoms with Gasteiger partial charge in [-0.15, -0.1) is 11.3 Å². The number of nitrogens with one attached hydrogen (secondary N) is 2. The van der Waals surface area contributed by atoms with Gasteiger partial charge in [0, 0.05) is 25.0 Å². The van der Waals surface area contributed by atoms with E-state index in [0.29, 0.717) is 18.8 Å². The monoisotopic (exact) mass is 330 g/mol. The molecule has 6 nitrogen and oxygen atoms in total. The Bertz CT molecular complexity index is 720. The van der Waals surface area contributed by atoms with Crippen LogP contribution in [0.2, 0.25) is 0 Å². The first-order valence-electron chi connectivity index (χ1n) is 7.89. The third-order valence-corrected chi connectivity index (χ3v) is 5.26. The van der Waals surface area contributed by atoms with E-state index < -0.39 is 0 Å². The molecule has 120 valence electrons. The van der Waals surface area contributed by atoms with Crippen LogP contribution < -0.4 is 5.32 Å². The third kappa shape index (κ3) is 3.01. The number of carbonyl (C=O) groups is 2. The van der Waals surface area contributed by atoms with Gasteiger partial charge in [0.2, 0.25) is 5.91 Å². The zero-order valence-electron chi connectivity index (χ0n) is 12.6. The molecule has 0 radical (unpaired) electrons. The summed E-state index contributed by atoms with van der Waals surface area (Å²) in [5, 5.41) is 12.1. The highest BCUT2D eigenvalue weighted by Gasteiger charge is 2.34. The van der Waals surface area contributed by atoms with Gasteiger partial charge in [0.05, 0.1) is 10.6 Å². The lowest BCUT2D eigenvalue weighted by atomic mass is 10.2. The summed E-state index contributed by atoms with van der Waals surface area (Å²) < 4.78 is 0. The van der Waals surface area contributed by atoms with Gasteiger partial charge < -0.3 is 10.2 Å². The number of likely N-dealkylation sites (tertiary alicyclic amines) is 1. The van der Waals surface area contributed by atoms with Gasteiger partial charge in [-0.3, -0.25) is 14.7 Å². The van der Waals surface area contributed by atoms with Crippen molar-refractivity contribution in [1.82, 2.24) is 20.4 Å². The Morgan fingerprint density at radius 1 is 1.35 bits per heavy atom. The normalized spacial score (nSPS) is 20.7. The van der Waals surface area contributed by atoms with Gasteiger partial charge in [-0.2, -0.15) is 5.10 Å². The molecule has 1 aliphatic heterocycles. The molecule has 0 spiro atoms. The topological polar surface area (TPSA) is 78.1 Å². The third-order valence-electron chi connectivity index (χ3n) is 4.35. The molecule has 0 aromatic carbocycles. The van der Waals surface area contributed by atoms with E-state index in [1.165, 1.54) is 0 Å². The fourth-order valence-electron chi connectivity index (χ4n) is 2.88. The molecular formula is C16H18N4O2S. The van der Waals surface area contributed by atoms with Crippen molar-refractivity contribution >= 4 is 23.2 Å². The lowest BCUT2D eigenvalue weighted by Gasteiger charge is -2.15. The highest BCUT2D eigenvalue weighted by molar-refractivity contribution is 7.13. The molecule has 1 saturated heterocycles. The van der Waals surface area contributed by atoms with Gasteiger partial charge >= 0.3 is 0 Å². The fraction of sp³-hybridized carbons (Fsp3) is 0.438. The number of H-pyrrole nitrogens is 1. The van der Waals surface area contributed by atoms with Crippen molar-refractivity contribution < 1.29 is 9.59 Å². The van der Waals surface area contributed by atoms with Crippen LogP contribution in [0.4, 0.5) is 0 Å². The van der Waals surface area contributed by atoms with Crippen molar-refractivity contribution in [2.75, 3.05) is 13.1 Å². The number of hydrogen-bond donors (Lipinski definition) is 2. The molecule has 1 aliphatic carbocycles. The second kappa shape index (κ2) is 5.81. The Hall–Kier alpha value is -2.15. The van der Waals surface area contributed by atoms with E-state index >= 15 is 0 Å². The van der Waals surface area contributed by atoms with Crippen molar-refractivity contribution in [3.63, 3.8) is 0 Å². The van der Waals surface area contributed by atoms with E-state index in [2.05, 4.69) is 15.5 Å². The molecule has 2 amide bonds.